The highest BCUT2D eigenvalue weighted by Crippen LogP contribution is 2.42. The van der Waals surface area contributed by atoms with Crippen molar-refractivity contribution in [2.45, 2.75) is 30.5 Å². The molecule has 1 aliphatic rings. The first-order chi connectivity index (χ1) is 15.5. The maximum atomic E-state index is 13.5. The summed E-state index contributed by atoms with van der Waals surface area (Å²) in [4.78, 5) is 28.8. The quantitative estimate of drug-likeness (QED) is 0.589. The Kier molecular flexibility index (Phi) is 7.58. The average Bonchev–Trinajstić information content (AvgIpc) is 3.18. The summed E-state index contributed by atoms with van der Waals surface area (Å²) >= 11 is 1.03. The number of nitrogens with one attached hydrogen (secondary N) is 2. The summed E-state index contributed by atoms with van der Waals surface area (Å²) < 4.78 is 40.4. The number of carbonyl (C=O) groups excluding carboxylic acids is 2. The summed E-state index contributed by atoms with van der Waals surface area (Å²) in [6.07, 6.45) is -2.44. The van der Waals surface area contributed by atoms with Crippen molar-refractivity contribution in [3.63, 3.8) is 0 Å². The molecule has 2 aromatic rings. The molecule has 1 aliphatic heterocycles. The number of fused-ring (bicyclic) bond motifs is 1. The Morgan fingerprint density at radius 3 is 2.58 bits per heavy atom. The molecule has 33 heavy (non-hydrogen) atoms. The van der Waals surface area contributed by atoms with E-state index in [1.54, 1.807) is 30.5 Å². The molecular weight excluding hydrogens is 453 g/mol. The van der Waals surface area contributed by atoms with Crippen LogP contribution in [0.2, 0.25) is 0 Å². The van der Waals surface area contributed by atoms with E-state index >= 15 is 0 Å². The number of thioether (sulfide) groups is 1. The van der Waals surface area contributed by atoms with Crippen LogP contribution in [-0.4, -0.2) is 56.3 Å². The highest BCUT2D eigenvalue weighted by molar-refractivity contribution is 7.98. The number of rotatable bonds is 6. The Balaban J connectivity index is 1.75. The molecule has 0 radical (unpaired) electrons. The number of alkyl halides is 3. The Hall–Kier alpha value is -2.72. The molecule has 178 valence electrons. The lowest BCUT2D eigenvalue weighted by molar-refractivity contribution is -0.139. The highest BCUT2D eigenvalue weighted by Gasteiger charge is 2.36. The van der Waals surface area contributed by atoms with E-state index in [-0.39, 0.29) is 29.1 Å². The van der Waals surface area contributed by atoms with E-state index in [1.165, 1.54) is 11.0 Å². The van der Waals surface area contributed by atoms with Gasteiger partial charge in [0.25, 0.3) is 5.91 Å². The van der Waals surface area contributed by atoms with Crippen LogP contribution in [0.5, 0.6) is 0 Å². The van der Waals surface area contributed by atoms with Gasteiger partial charge in [-0.25, -0.2) is 4.79 Å². The zero-order chi connectivity index (χ0) is 24.3. The Bertz CT molecular complexity index is 1040. The first-order valence-corrected chi connectivity index (χ1v) is 11.6. The van der Waals surface area contributed by atoms with Crippen LogP contribution in [0.4, 0.5) is 29.3 Å². The van der Waals surface area contributed by atoms with Crippen LogP contribution in [0.25, 0.3) is 0 Å². The zero-order valence-corrected chi connectivity index (χ0v) is 19.7. The number of benzene rings is 2. The molecule has 1 atom stereocenters. The molecule has 2 aromatic carbocycles. The number of nitrogens with zero attached hydrogens (tertiary/aromatic N) is 2. The number of amides is 3. The second-order valence-corrected chi connectivity index (χ2v) is 8.96. The van der Waals surface area contributed by atoms with Gasteiger partial charge < -0.3 is 15.5 Å². The van der Waals surface area contributed by atoms with Crippen molar-refractivity contribution >= 4 is 35.1 Å². The molecule has 0 aliphatic carbocycles. The number of halogens is 3. The van der Waals surface area contributed by atoms with Crippen LogP contribution in [0.15, 0.2) is 41.3 Å². The topological polar surface area (TPSA) is 64.7 Å². The van der Waals surface area contributed by atoms with Crippen LogP contribution < -0.4 is 15.5 Å². The first kappa shape index (κ1) is 24.9. The molecule has 1 unspecified atom stereocenters. The maximum absolute atomic E-state index is 13.5. The summed E-state index contributed by atoms with van der Waals surface area (Å²) in [5.74, 6) is -0.272. The summed E-state index contributed by atoms with van der Waals surface area (Å²) in [7, 11) is 3.84. The molecule has 0 saturated heterocycles. The van der Waals surface area contributed by atoms with Crippen molar-refractivity contribution < 1.29 is 22.8 Å². The van der Waals surface area contributed by atoms with Gasteiger partial charge in [-0.15, -0.1) is 11.8 Å². The van der Waals surface area contributed by atoms with Gasteiger partial charge in [-0.2, -0.15) is 13.2 Å². The van der Waals surface area contributed by atoms with Crippen molar-refractivity contribution in [2.24, 2.45) is 0 Å². The van der Waals surface area contributed by atoms with E-state index in [0.29, 0.717) is 29.8 Å². The van der Waals surface area contributed by atoms with E-state index in [1.807, 2.05) is 25.9 Å². The van der Waals surface area contributed by atoms with E-state index in [9.17, 15) is 22.8 Å². The SMILES string of the molecule is CSc1cc2c(cc1C(F)(F)F)N(C(=O)Nc1cccc(C(=O)NCC(C)N(C)C)c1)CC2. The number of likely N-dealkylation sites (N-methyl/N-ethyl adjacent to an activating group) is 1. The van der Waals surface area contributed by atoms with Gasteiger partial charge in [0.05, 0.1) is 5.56 Å². The third-order valence-electron chi connectivity index (χ3n) is 5.66. The van der Waals surface area contributed by atoms with Crippen molar-refractivity contribution in [1.82, 2.24) is 10.2 Å². The fraction of sp³-hybridized carbons (Fsp3) is 0.391. The predicted octanol–water partition coefficient (Wildman–Crippen LogP) is 4.70. The maximum Gasteiger partial charge on any atom is 0.417 e. The second kappa shape index (κ2) is 10.0. The number of urea groups is 1. The summed E-state index contributed by atoms with van der Waals surface area (Å²) in [6.45, 7) is 2.72. The van der Waals surface area contributed by atoms with Crippen molar-refractivity contribution in [3.8, 4) is 0 Å². The van der Waals surface area contributed by atoms with Crippen molar-refractivity contribution in [2.75, 3.05) is 43.7 Å². The molecule has 2 N–H and O–H groups in total. The summed E-state index contributed by atoms with van der Waals surface area (Å²) in [5, 5.41) is 5.55. The molecule has 3 rings (SSSR count). The monoisotopic (exact) mass is 480 g/mol. The largest absolute Gasteiger partial charge is 0.417 e. The van der Waals surface area contributed by atoms with Crippen molar-refractivity contribution in [1.29, 1.82) is 0 Å². The lowest BCUT2D eigenvalue weighted by Gasteiger charge is -2.21. The standard InChI is InChI=1S/C23H27F3N4O2S/c1-14(29(2)3)13-27-21(31)16-6-5-7-17(10-16)28-22(32)30-9-8-15-11-20(33-4)18(12-19(15)30)23(24,25)26/h5-7,10-12,14H,8-9,13H2,1-4H3,(H,27,31)(H,28,32). The summed E-state index contributed by atoms with van der Waals surface area (Å²) in [6, 6.07) is 8.62. The van der Waals surface area contributed by atoms with E-state index < -0.39 is 17.8 Å². The number of carbonyl (C=O) groups is 2. The Labute approximate surface area is 195 Å². The minimum atomic E-state index is -4.51. The van der Waals surface area contributed by atoms with E-state index in [2.05, 4.69) is 10.6 Å². The molecule has 1 heterocycles. The van der Waals surface area contributed by atoms with Crippen LogP contribution in [-0.2, 0) is 12.6 Å². The molecule has 6 nitrogen and oxygen atoms in total. The predicted molar refractivity (Wildman–Crippen MR) is 125 cm³/mol. The van der Waals surface area contributed by atoms with Crippen LogP contribution >= 0.6 is 11.8 Å². The molecule has 0 spiro atoms. The van der Waals surface area contributed by atoms with Crippen LogP contribution in [0, 0.1) is 0 Å². The number of hydrogen-bond donors (Lipinski definition) is 2. The molecule has 10 heteroatoms. The Morgan fingerprint density at radius 1 is 1.21 bits per heavy atom. The van der Waals surface area contributed by atoms with Gasteiger partial charge in [-0.1, -0.05) is 6.07 Å². The smallest absolute Gasteiger partial charge is 0.350 e. The second-order valence-electron chi connectivity index (χ2n) is 8.11. The zero-order valence-electron chi connectivity index (χ0n) is 18.9. The molecule has 3 amide bonds. The first-order valence-electron chi connectivity index (χ1n) is 10.4. The molecule has 0 bridgehead atoms. The van der Waals surface area contributed by atoms with Gasteiger partial charge in [0.2, 0.25) is 0 Å². The van der Waals surface area contributed by atoms with Gasteiger partial charge >= 0.3 is 12.2 Å². The number of anilines is 2. The minimum absolute atomic E-state index is 0.144. The molecule has 0 aromatic heterocycles. The molecule has 0 fully saturated rings. The summed E-state index contributed by atoms with van der Waals surface area (Å²) in [5.41, 5.74) is 0.969. The third-order valence-corrected chi connectivity index (χ3v) is 6.44. The molecule has 0 saturated carbocycles. The third kappa shape index (κ3) is 5.80. The fourth-order valence-electron chi connectivity index (χ4n) is 3.47. The fourth-order valence-corrected chi connectivity index (χ4v) is 4.12. The van der Waals surface area contributed by atoms with Gasteiger partial charge in [0.1, 0.15) is 0 Å². The van der Waals surface area contributed by atoms with Gasteiger partial charge in [-0.3, -0.25) is 9.69 Å². The van der Waals surface area contributed by atoms with Gasteiger partial charge in [-0.05, 0) is 69.6 Å². The minimum Gasteiger partial charge on any atom is -0.350 e. The van der Waals surface area contributed by atoms with Gasteiger partial charge in [0, 0.05) is 41.0 Å². The average molecular weight is 481 g/mol. The van der Waals surface area contributed by atoms with Crippen LogP contribution in [0.1, 0.15) is 28.4 Å². The van der Waals surface area contributed by atoms with E-state index in [4.69, 9.17) is 0 Å². The number of hydrogen-bond acceptors (Lipinski definition) is 4. The van der Waals surface area contributed by atoms with E-state index in [0.717, 1.165) is 17.8 Å². The molecular formula is C23H27F3N4O2S. The van der Waals surface area contributed by atoms with Crippen LogP contribution in [0.3, 0.4) is 0 Å². The lowest BCUT2D eigenvalue weighted by Crippen LogP contribution is -2.38. The normalized spacial score (nSPS) is 14.2. The van der Waals surface area contributed by atoms with Gasteiger partial charge in [0.15, 0.2) is 0 Å². The Morgan fingerprint density at radius 2 is 1.94 bits per heavy atom. The van der Waals surface area contributed by atoms with Crippen molar-refractivity contribution in [3.05, 3.63) is 53.1 Å². The lowest BCUT2D eigenvalue weighted by atomic mass is 10.1. The highest BCUT2D eigenvalue weighted by atomic mass is 32.2.